The largest absolute Gasteiger partial charge is 0.478 e. The number of aromatic nitrogens is 6. The third kappa shape index (κ3) is 11.1. The summed E-state index contributed by atoms with van der Waals surface area (Å²) >= 11 is 0. The Morgan fingerprint density at radius 2 is 0.862 bits per heavy atom. The standard InChI is InChI=1S/2C9H7N.C8H6N2.C8H7NO.2C8H7N/c2*1-2-6-9-8(4-1)5-3-7-10-9;1-2-4-8-7(3-1)5-6-9-10-8;1-2-4-8-7(3-1)5-10-6-9-8;2*1-2-6-9-7-3-5-8(9)4-1/h2*1-7H;1-6H;1-5H,6H2;2*1-7H. The average Bonchev–Trinajstić information content (AvgIpc) is 4.01. The van der Waals surface area contributed by atoms with Gasteiger partial charge in [-0.2, -0.15) is 10.2 Å². The van der Waals surface area contributed by atoms with Crippen molar-refractivity contribution in [3.8, 4) is 0 Å². The van der Waals surface area contributed by atoms with Gasteiger partial charge in [-0.05, 0) is 97.1 Å². The Labute approximate surface area is 336 Å². The van der Waals surface area contributed by atoms with Crippen LogP contribution in [0.3, 0.4) is 0 Å². The average molecular weight is 756 g/mol. The monoisotopic (exact) mass is 755 g/mol. The molecule has 0 N–H and O–H groups in total. The highest BCUT2D eigenvalue weighted by Gasteiger charge is 1.91. The van der Waals surface area contributed by atoms with E-state index in [1.807, 2.05) is 177 Å². The van der Waals surface area contributed by atoms with Crippen LogP contribution in [0.25, 0.3) is 50.0 Å². The molecule has 0 aliphatic carbocycles. The maximum atomic E-state index is 5.00. The SMILES string of the molecule is C1=c2ccccc2=NCO1.c1ccc2ncccc2c1.c1ccc2ncccc2c1.c1ccc2nnccc2c1.c1ccn2cccc2c1.c1ccn2cccc2c1. The number of rotatable bonds is 0. The minimum absolute atomic E-state index is 0.455. The van der Waals surface area contributed by atoms with Crippen LogP contribution in [0.2, 0.25) is 0 Å². The fourth-order valence-electron chi connectivity index (χ4n) is 5.89. The summed E-state index contributed by atoms with van der Waals surface area (Å²) in [4.78, 5) is 12.5. The first kappa shape index (κ1) is 38.3. The number of benzene rings is 4. The van der Waals surface area contributed by atoms with E-state index in [9.17, 15) is 0 Å². The quantitative estimate of drug-likeness (QED) is 0.154. The molecule has 58 heavy (non-hydrogen) atoms. The Balaban J connectivity index is 0.000000106. The molecule has 0 atom stereocenters. The molecule has 12 rings (SSSR count). The number of nitrogens with zero attached hydrogens (tertiary/aromatic N) is 7. The smallest absolute Gasteiger partial charge is 0.178 e. The molecule has 11 aromatic rings. The van der Waals surface area contributed by atoms with E-state index in [-0.39, 0.29) is 0 Å². The lowest BCUT2D eigenvalue weighted by atomic mass is 10.2. The van der Waals surface area contributed by atoms with E-state index in [0.29, 0.717) is 6.73 Å². The van der Waals surface area contributed by atoms with Crippen molar-refractivity contribution in [3.05, 3.63) is 242 Å². The van der Waals surface area contributed by atoms with Crippen LogP contribution in [0.15, 0.2) is 236 Å². The van der Waals surface area contributed by atoms with Crippen LogP contribution < -0.4 is 10.6 Å². The van der Waals surface area contributed by atoms with Gasteiger partial charge < -0.3 is 13.5 Å². The molecule has 4 aromatic carbocycles. The normalized spacial score (nSPS) is 10.8. The van der Waals surface area contributed by atoms with Crippen LogP contribution in [0.1, 0.15) is 0 Å². The van der Waals surface area contributed by atoms with Crippen LogP contribution in [0, 0.1) is 0 Å². The summed E-state index contributed by atoms with van der Waals surface area (Å²) in [5.74, 6) is 0. The topological polar surface area (TPSA) is 82.0 Å². The summed E-state index contributed by atoms with van der Waals surface area (Å²) in [6.07, 6.45) is 15.2. The summed E-state index contributed by atoms with van der Waals surface area (Å²) in [6, 6.07) is 62.5. The van der Waals surface area contributed by atoms with Gasteiger partial charge in [-0.3, -0.25) is 9.97 Å². The van der Waals surface area contributed by atoms with E-state index in [0.717, 1.165) is 32.5 Å². The Morgan fingerprint density at radius 3 is 1.41 bits per heavy atom. The van der Waals surface area contributed by atoms with E-state index in [1.54, 1.807) is 12.5 Å². The van der Waals surface area contributed by atoms with Gasteiger partial charge in [0.1, 0.15) is 0 Å². The van der Waals surface area contributed by atoms with Crippen LogP contribution >= 0.6 is 0 Å². The maximum Gasteiger partial charge on any atom is 0.178 e. The van der Waals surface area contributed by atoms with Gasteiger partial charge in [0, 0.05) is 69.6 Å². The van der Waals surface area contributed by atoms with Crippen LogP contribution in [0.5, 0.6) is 0 Å². The van der Waals surface area contributed by atoms with Crippen molar-refractivity contribution in [2.75, 3.05) is 6.73 Å². The van der Waals surface area contributed by atoms with Gasteiger partial charge in [0.15, 0.2) is 6.73 Å². The molecular formula is C50H41N7O. The zero-order chi connectivity index (χ0) is 39.5. The van der Waals surface area contributed by atoms with Gasteiger partial charge in [0.05, 0.1) is 34.4 Å². The molecule has 0 spiro atoms. The van der Waals surface area contributed by atoms with Crippen LogP contribution in [0.4, 0.5) is 0 Å². The number of para-hydroxylation sites is 3. The molecule has 0 bridgehead atoms. The predicted molar refractivity (Wildman–Crippen MR) is 235 cm³/mol. The van der Waals surface area contributed by atoms with Crippen LogP contribution in [-0.2, 0) is 4.74 Å². The first-order valence-electron chi connectivity index (χ1n) is 18.8. The highest BCUT2D eigenvalue weighted by Crippen LogP contribution is 2.10. The van der Waals surface area contributed by atoms with Crippen LogP contribution in [-0.4, -0.2) is 35.7 Å². The summed E-state index contributed by atoms with van der Waals surface area (Å²) in [6.45, 7) is 0.455. The second-order valence-corrected chi connectivity index (χ2v) is 12.7. The molecule has 1 aliphatic rings. The minimum atomic E-state index is 0.455. The lowest BCUT2D eigenvalue weighted by Crippen LogP contribution is -2.27. The molecule has 0 saturated heterocycles. The third-order valence-corrected chi connectivity index (χ3v) is 8.78. The summed E-state index contributed by atoms with van der Waals surface area (Å²) in [5.41, 5.74) is 5.56. The van der Waals surface area contributed by atoms with E-state index >= 15 is 0 Å². The Morgan fingerprint density at radius 1 is 0.397 bits per heavy atom. The molecule has 282 valence electrons. The highest BCUT2D eigenvalue weighted by molar-refractivity contribution is 5.78. The Hall–Kier alpha value is -7.97. The highest BCUT2D eigenvalue weighted by atomic mass is 16.5. The summed E-state index contributed by atoms with van der Waals surface area (Å²) in [7, 11) is 0. The lowest BCUT2D eigenvalue weighted by molar-refractivity contribution is 0.296. The molecule has 1 aliphatic heterocycles. The second-order valence-electron chi connectivity index (χ2n) is 12.7. The van der Waals surface area contributed by atoms with Gasteiger partial charge in [0.2, 0.25) is 0 Å². The van der Waals surface area contributed by atoms with Gasteiger partial charge in [-0.15, -0.1) is 0 Å². The van der Waals surface area contributed by atoms with Gasteiger partial charge in [-0.25, -0.2) is 4.99 Å². The molecule has 0 unspecified atom stereocenters. The fraction of sp³-hybridized carbons (Fsp3) is 0.0200. The lowest BCUT2D eigenvalue weighted by Gasteiger charge is -1.99. The van der Waals surface area contributed by atoms with Crippen molar-refractivity contribution in [3.63, 3.8) is 0 Å². The fourth-order valence-corrected chi connectivity index (χ4v) is 5.89. The third-order valence-electron chi connectivity index (χ3n) is 8.78. The molecule has 7 aromatic heterocycles. The molecule has 0 saturated carbocycles. The molecule has 0 fully saturated rings. The van der Waals surface area contributed by atoms with Crippen molar-refractivity contribution in [1.29, 1.82) is 0 Å². The minimum Gasteiger partial charge on any atom is -0.478 e. The number of hydrogen-bond acceptors (Lipinski definition) is 6. The Kier molecular flexibility index (Phi) is 13.6. The van der Waals surface area contributed by atoms with Crippen molar-refractivity contribution in [2.24, 2.45) is 4.99 Å². The molecular weight excluding hydrogens is 715 g/mol. The van der Waals surface area contributed by atoms with Gasteiger partial charge in [0.25, 0.3) is 0 Å². The summed E-state index contributed by atoms with van der Waals surface area (Å²) in [5, 5.41) is 13.3. The molecule has 0 amide bonds. The predicted octanol–water partition coefficient (Wildman–Crippen LogP) is 10.0. The van der Waals surface area contributed by atoms with Crippen molar-refractivity contribution in [1.82, 2.24) is 29.0 Å². The van der Waals surface area contributed by atoms with Crippen molar-refractivity contribution >= 4 is 50.0 Å². The zero-order valence-corrected chi connectivity index (χ0v) is 31.8. The molecule has 0 radical (unpaired) electrons. The maximum absolute atomic E-state index is 5.00. The first-order valence-corrected chi connectivity index (χ1v) is 18.8. The van der Waals surface area contributed by atoms with E-state index < -0.39 is 0 Å². The van der Waals surface area contributed by atoms with E-state index in [1.165, 1.54) is 21.8 Å². The summed E-state index contributed by atoms with van der Waals surface area (Å²) < 4.78 is 9.17. The van der Waals surface area contributed by atoms with Gasteiger partial charge in [-0.1, -0.05) is 91.0 Å². The second kappa shape index (κ2) is 20.6. The molecule has 8 heterocycles. The van der Waals surface area contributed by atoms with E-state index in [2.05, 4.69) is 82.5 Å². The number of hydrogen-bond donors (Lipinski definition) is 0. The van der Waals surface area contributed by atoms with Crippen molar-refractivity contribution in [2.45, 2.75) is 0 Å². The number of fused-ring (bicyclic) bond motifs is 6. The van der Waals surface area contributed by atoms with Gasteiger partial charge >= 0.3 is 0 Å². The zero-order valence-electron chi connectivity index (χ0n) is 31.8. The number of pyridine rings is 4. The molecule has 8 heteroatoms. The number of ether oxygens (including phenoxy) is 1. The Bertz CT molecular complexity index is 2540. The molecule has 8 nitrogen and oxygen atoms in total. The van der Waals surface area contributed by atoms with E-state index in [4.69, 9.17) is 4.74 Å². The van der Waals surface area contributed by atoms with Crippen molar-refractivity contribution < 1.29 is 4.74 Å². The first-order chi connectivity index (χ1) is 28.8.